The van der Waals surface area contributed by atoms with Gasteiger partial charge in [-0.05, 0) is 32.4 Å². The maximum atomic E-state index is 6.09. The number of nitrogen functional groups attached to an aromatic ring is 1. The standard InChI is InChI=1S/C13H21NOS/c1-5-10(4)16-12-8-6-7-11(13(12)14)15-9(2)3/h6-10H,5,14H2,1-4H3. The molecule has 0 aliphatic heterocycles. The van der Waals surface area contributed by atoms with Crippen LogP contribution in [0.3, 0.4) is 0 Å². The Morgan fingerprint density at radius 3 is 2.56 bits per heavy atom. The minimum Gasteiger partial charge on any atom is -0.489 e. The van der Waals surface area contributed by atoms with Crippen LogP contribution in [-0.2, 0) is 0 Å². The molecule has 0 fully saturated rings. The molecule has 2 nitrogen and oxygen atoms in total. The summed E-state index contributed by atoms with van der Waals surface area (Å²) in [7, 11) is 0. The van der Waals surface area contributed by atoms with E-state index in [-0.39, 0.29) is 6.10 Å². The molecule has 0 saturated carbocycles. The van der Waals surface area contributed by atoms with Gasteiger partial charge in [-0.15, -0.1) is 11.8 Å². The van der Waals surface area contributed by atoms with E-state index < -0.39 is 0 Å². The first-order chi connectivity index (χ1) is 7.54. The molecule has 90 valence electrons. The summed E-state index contributed by atoms with van der Waals surface area (Å²) in [5.74, 6) is 0.795. The van der Waals surface area contributed by atoms with Gasteiger partial charge in [-0.1, -0.05) is 19.9 Å². The normalized spacial score (nSPS) is 12.8. The number of ether oxygens (including phenoxy) is 1. The van der Waals surface area contributed by atoms with Crippen molar-refractivity contribution in [2.24, 2.45) is 0 Å². The zero-order chi connectivity index (χ0) is 12.1. The lowest BCUT2D eigenvalue weighted by molar-refractivity contribution is 0.243. The third-order valence-corrected chi connectivity index (χ3v) is 3.64. The van der Waals surface area contributed by atoms with Crippen molar-refractivity contribution in [2.75, 3.05) is 5.73 Å². The SMILES string of the molecule is CCC(C)Sc1cccc(OC(C)C)c1N. The summed E-state index contributed by atoms with van der Waals surface area (Å²) in [6.45, 7) is 8.41. The molecular formula is C13H21NOS. The Balaban J connectivity index is 2.86. The molecule has 0 aliphatic rings. The first-order valence-corrected chi connectivity index (χ1v) is 6.64. The number of para-hydroxylation sites is 1. The lowest BCUT2D eigenvalue weighted by Gasteiger charge is -2.16. The highest BCUT2D eigenvalue weighted by molar-refractivity contribution is 8.00. The minimum atomic E-state index is 0.158. The van der Waals surface area contributed by atoms with Crippen molar-refractivity contribution in [3.05, 3.63) is 18.2 Å². The molecule has 1 unspecified atom stereocenters. The molecule has 16 heavy (non-hydrogen) atoms. The van der Waals surface area contributed by atoms with Crippen LogP contribution in [0.1, 0.15) is 34.1 Å². The van der Waals surface area contributed by atoms with Gasteiger partial charge in [0.05, 0.1) is 11.8 Å². The Kier molecular flexibility index (Phi) is 5.00. The van der Waals surface area contributed by atoms with Crippen LogP contribution in [0.5, 0.6) is 5.75 Å². The maximum Gasteiger partial charge on any atom is 0.143 e. The number of anilines is 1. The van der Waals surface area contributed by atoms with Gasteiger partial charge >= 0.3 is 0 Å². The maximum absolute atomic E-state index is 6.09. The molecule has 0 radical (unpaired) electrons. The quantitative estimate of drug-likeness (QED) is 0.624. The second-order valence-corrected chi connectivity index (χ2v) is 5.65. The van der Waals surface area contributed by atoms with Crippen molar-refractivity contribution in [3.8, 4) is 5.75 Å². The molecule has 0 aliphatic carbocycles. The summed E-state index contributed by atoms with van der Waals surface area (Å²) in [5, 5.41) is 0.580. The molecule has 1 aromatic rings. The second kappa shape index (κ2) is 6.04. The van der Waals surface area contributed by atoms with Crippen LogP contribution < -0.4 is 10.5 Å². The van der Waals surface area contributed by atoms with E-state index in [0.29, 0.717) is 5.25 Å². The fourth-order valence-corrected chi connectivity index (χ4v) is 2.27. The fourth-order valence-electron chi connectivity index (χ4n) is 1.28. The fraction of sp³-hybridized carbons (Fsp3) is 0.538. The van der Waals surface area contributed by atoms with Gasteiger partial charge in [-0.25, -0.2) is 0 Å². The smallest absolute Gasteiger partial charge is 0.143 e. The second-order valence-electron chi connectivity index (χ2n) is 4.17. The molecule has 0 saturated heterocycles. The zero-order valence-electron chi connectivity index (χ0n) is 10.5. The Morgan fingerprint density at radius 2 is 2.00 bits per heavy atom. The summed E-state index contributed by atoms with van der Waals surface area (Å²) in [4.78, 5) is 1.12. The number of thioether (sulfide) groups is 1. The van der Waals surface area contributed by atoms with E-state index in [4.69, 9.17) is 10.5 Å². The lowest BCUT2D eigenvalue weighted by atomic mass is 10.3. The number of rotatable bonds is 5. The van der Waals surface area contributed by atoms with Gasteiger partial charge < -0.3 is 10.5 Å². The molecule has 1 aromatic carbocycles. The first-order valence-electron chi connectivity index (χ1n) is 5.76. The molecule has 0 heterocycles. The van der Waals surface area contributed by atoms with E-state index in [0.717, 1.165) is 22.8 Å². The monoisotopic (exact) mass is 239 g/mol. The van der Waals surface area contributed by atoms with E-state index in [2.05, 4.69) is 19.9 Å². The van der Waals surface area contributed by atoms with Crippen LogP contribution in [0.2, 0.25) is 0 Å². The third kappa shape index (κ3) is 3.63. The molecule has 1 rings (SSSR count). The van der Waals surface area contributed by atoms with Crippen LogP contribution in [-0.4, -0.2) is 11.4 Å². The first kappa shape index (κ1) is 13.2. The average molecular weight is 239 g/mol. The molecular weight excluding hydrogens is 218 g/mol. The highest BCUT2D eigenvalue weighted by atomic mass is 32.2. The van der Waals surface area contributed by atoms with Crippen molar-refractivity contribution in [2.45, 2.75) is 50.4 Å². The molecule has 0 spiro atoms. The van der Waals surface area contributed by atoms with Crippen LogP contribution in [0.25, 0.3) is 0 Å². The lowest BCUT2D eigenvalue weighted by Crippen LogP contribution is -2.08. The van der Waals surface area contributed by atoms with Gasteiger partial charge in [-0.3, -0.25) is 0 Å². The molecule has 1 atom stereocenters. The van der Waals surface area contributed by atoms with Crippen molar-refractivity contribution < 1.29 is 4.74 Å². The summed E-state index contributed by atoms with van der Waals surface area (Å²) in [6, 6.07) is 5.98. The van der Waals surface area contributed by atoms with E-state index in [1.807, 2.05) is 26.0 Å². The van der Waals surface area contributed by atoms with Gasteiger partial charge in [0, 0.05) is 10.1 Å². The topological polar surface area (TPSA) is 35.2 Å². The van der Waals surface area contributed by atoms with Crippen LogP contribution in [0.15, 0.2) is 23.1 Å². The number of hydrogen-bond acceptors (Lipinski definition) is 3. The summed E-state index contributed by atoms with van der Waals surface area (Å²) in [6.07, 6.45) is 1.30. The van der Waals surface area contributed by atoms with Crippen LogP contribution >= 0.6 is 11.8 Å². The molecule has 0 bridgehead atoms. The van der Waals surface area contributed by atoms with Crippen molar-refractivity contribution in [1.82, 2.24) is 0 Å². The highest BCUT2D eigenvalue weighted by Crippen LogP contribution is 2.35. The summed E-state index contributed by atoms with van der Waals surface area (Å²) >= 11 is 1.81. The molecule has 0 amide bonds. The third-order valence-electron chi connectivity index (χ3n) is 2.29. The van der Waals surface area contributed by atoms with Crippen molar-refractivity contribution >= 4 is 17.4 Å². The predicted molar refractivity (Wildman–Crippen MR) is 72.2 cm³/mol. The Hall–Kier alpha value is -0.830. The Bertz CT molecular complexity index is 339. The predicted octanol–water partition coefficient (Wildman–Crippen LogP) is 3.95. The minimum absolute atomic E-state index is 0.158. The largest absolute Gasteiger partial charge is 0.489 e. The van der Waals surface area contributed by atoms with Gasteiger partial charge in [0.1, 0.15) is 5.75 Å². The van der Waals surface area contributed by atoms with Crippen molar-refractivity contribution in [1.29, 1.82) is 0 Å². The van der Waals surface area contributed by atoms with Crippen LogP contribution in [0.4, 0.5) is 5.69 Å². The average Bonchev–Trinajstić information content (AvgIpc) is 2.23. The number of nitrogens with two attached hydrogens (primary N) is 1. The number of benzene rings is 1. The van der Waals surface area contributed by atoms with Crippen LogP contribution in [0, 0.1) is 0 Å². The Morgan fingerprint density at radius 1 is 1.31 bits per heavy atom. The van der Waals surface area contributed by atoms with Gasteiger partial charge in [0.15, 0.2) is 0 Å². The molecule has 2 N–H and O–H groups in total. The Labute approximate surface area is 103 Å². The van der Waals surface area contributed by atoms with E-state index in [9.17, 15) is 0 Å². The molecule has 3 heteroatoms. The van der Waals surface area contributed by atoms with Gasteiger partial charge in [-0.2, -0.15) is 0 Å². The summed E-state index contributed by atoms with van der Waals surface area (Å²) < 4.78 is 5.66. The van der Waals surface area contributed by atoms with Crippen molar-refractivity contribution in [3.63, 3.8) is 0 Å². The van der Waals surface area contributed by atoms with E-state index in [1.165, 1.54) is 0 Å². The van der Waals surface area contributed by atoms with Gasteiger partial charge in [0.25, 0.3) is 0 Å². The van der Waals surface area contributed by atoms with E-state index >= 15 is 0 Å². The number of hydrogen-bond donors (Lipinski definition) is 1. The van der Waals surface area contributed by atoms with E-state index in [1.54, 1.807) is 11.8 Å². The highest BCUT2D eigenvalue weighted by Gasteiger charge is 2.10. The molecule has 0 aromatic heterocycles. The zero-order valence-corrected chi connectivity index (χ0v) is 11.3. The summed E-state index contributed by atoms with van der Waals surface area (Å²) in [5.41, 5.74) is 6.85. The van der Waals surface area contributed by atoms with Gasteiger partial charge in [0.2, 0.25) is 0 Å².